The van der Waals surface area contributed by atoms with Gasteiger partial charge in [0.05, 0.1) is 12.6 Å². The fourth-order valence-corrected chi connectivity index (χ4v) is 4.21. The molecule has 1 aliphatic heterocycles. The molecule has 154 valence electrons. The predicted molar refractivity (Wildman–Crippen MR) is 112 cm³/mol. The van der Waals surface area contributed by atoms with E-state index in [1.165, 1.54) is 12.8 Å². The zero-order chi connectivity index (χ0) is 20.2. The van der Waals surface area contributed by atoms with Gasteiger partial charge in [-0.25, -0.2) is 9.97 Å². The first-order valence-corrected chi connectivity index (χ1v) is 10.4. The molecule has 0 radical (unpaired) electrons. The van der Waals surface area contributed by atoms with E-state index in [0.29, 0.717) is 36.4 Å². The van der Waals surface area contributed by atoms with Crippen LogP contribution >= 0.6 is 0 Å². The molecule has 1 amide bonds. The van der Waals surface area contributed by atoms with Crippen molar-refractivity contribution in [3.63, 3.8) is 0 Å². The first-order valence-electron chi connectivity index (χ1n) is 10.4. The highest BCUT2D eigenvalue weighted by molar-refractivity contribution is 5.94. The van der Waals surface area contributed by atoms with Crippen LogP contribution in [0.3, 0.4) is 0 Å². The van der Waals surface area contributed by atoms with Crippen LogP contribution in [0.5, 0.6) is 5.75 Å². The Morgan fingerprint density at radius 1 is 1.28 bits per heavy atom. The molecule has 2 heterocycles. The molecule has 4 rings (SSSR count). The number of amides is 1. The molecule has 1 aromatic heterocycles. The van der Waals surface area contributed by atoms with E-state index in [9.17, 15) is 4.79 Å². The van der Waals surface area contributed by atoms with Crippen LogP contribution in [0.4, 0.5) is 5.82 Å². The first-order chi connectivity index (χ1) is 14.1. The summed E-state index contributed by atoms with van der Waals surface area (Å²) in [5.74, 6) is 2.05. The van der Waals surface area contributed by atoms with Crippen LogP contribution in [-0.2, 0) is 6.54 Å². The molecule has 2 N–H and O–H groups in total. The lowest BCUT2D eigenvalue weighted by atomic mass is 10.2. The lowest BCUT2D eigenvalue weighted by Crippen LogP contribution is -2.36. The fourth-order valence-electron chi connectivity index (χ4n) is 4.21. The molecule has 2 aromatic rings. The molecule has 0 bridgehead atoms. The topological polar surface area (TPSA) is 84.6 Å². The summed E-state index contributed by atoms with van der Waals surface area (Å²) < 4.78 is 6.06. The number of nitrogens with zero attached hydrogens (tertiary/aromatic N) is 4. The Balaban J connectivity index is 1.35. The predicted octanol–water partition coefficient (Wildman–Crippen LogP) is 2.73. The minimum atomic E-state index is 0.0676. The SMILES string of the molecule is CN(Cc1nccc(N)n1)[C@H]1CCN(C(=O)c2cccc(OC3CCCC3)c2)C1. The zero-order valence-electron chi connectivity index (χ0n) is 17.0. The number of hydrogen-bond donors (Lipinski definition) is 1. The first kappa shape index (κ1) is 19.6. The summed E-state index contributed by atoms with van der Waals surface area (Å²) in [6, 6.07) is 9.58. The molecule has 1 aromatic carbocycles. The number of benzene rings is 1. The third kappa shape index (κ3) is 4.85. The molecule has 2 fully saturated rings. The van der Waals surface area contributed by atoms with Crippen molar-refractivity contribution < 1.29 is 9.53 Å². The van der Waals surface area contributed by atoms with Crippen LogP contribution in [0.2, 0.25) is 0 Å². The Labute approximate surface area is 171 Å². The molecule has 0 spiro atoms. The lowest BCUT2D eigenvalue weighted by Gasteiger charge is -2.24. The van der Waals surface area contributed by atoms with Gasteiger partial charge in [-0.05, 0) is 63.4 Å². The van der Waals surface area contributed by atoms with Gasteiger partial charge in [0.25, 0.3) is 5.91 Å². The van der Waals surface area contributed by atoms with Gasteiger partial charge in [0, 0.05) is 30.9 Å². The highest BCUT2D eigenvalue weighted by Crippen LogP contribution is 2.25. The average Bonchev–Trinajstić information content (AvgIpc) is 3.40. The summed E-state index contributed by atoms with van der Waals surface area (Å²) >= 11 is 0. The third-order valence-electron chi connectivity index (χ3n) is 5.88. The van der Waals surface area contributed by atoms with Gasteiger partial charge in [-0.2, -0.15) is 0 Å². The molecule has 2 aliphatic rings. The van der Waals surface area contributed by atoms with Gasteiger partial charge in [0.1, 0.15) is 17.4 Å². The van der Waals surface area contributed by atoms with Gasteiger partial charge in [0.15, 0.2) is 0 Å². The molecule has 1 atom stereocenters. The summed E-state index contributed by atoms with van der Waals surface area (Å²) in [4.78, 5) is 25.7. The van der Waals surface area contributed by atoms with E-state index in [1.807, 2.05) is 36.2 Å². The van der Waals surface area contributed by atoms with Gasteiger partial charge in [-0.1, -0.05) is 6.07 Å². The molecule has 29 heavy (non-hydrogen) atoms. The van der Waals surface area contributed by atoms with E-state index in [0.717, 1.165) is 31.6 Å². The molecule has 7 nitrogen and oxygen atoms in total. The van der Waals surface area contributed by atoms with E-state index in [2.05, 4.69) is 14.9 Å². The molecule has 7 heteroatoms. The van der Waals surface area contributed by atoms with Crippen molar-refractivity contribution in [2.45, 2.75) is 50.8 Å². The summed E-state index contributed by atoms with van der Waals surface area (Å²) in [7, 11) is 2.04. The van der Waals surface area contributed by atoms with Crippen LogP contribution in [0.15, 0.2) is 36.5 Å². The van der Waals surface area contributed by atoms with Crippen LogP contribution < -0.4 is 10.5 Å². The number of nitrogens with two attached hydrogens (primary N) is 1. The van der Waals surface area contributed by atoms with Gasteiger partial charge in [0.2, 0.25) is 0 Å². The van der Waals surface area contributed by atoms with Crippen molar-refractivity contribution in [1.82, 2.24) is 19.8 Å². The fraction of sp³-hybridized carbons (Fsp3) is 0.500. The van der Waals surface area contributed by atoms with E-state index in [1.54, 1.807) is 12.3 Å². The largest absolute Gasteiger partial charge is 0.490 e. The maximum Gasteiger partial charge on any atom is 0.254 e. The number of likely N-dealkylation sites (tertiary alicyclic amines) is 1. The number of likely N-dealkylation sites (N-methyl/N-ethyl adjacent to an activating group) is 1. The Kier molecular flexibility index (Phi) is 5.94. The summed E-state index contributed by atoms with van der Waals surface area (Å²) in [6.45, 7) is 2.06. The zero-order valence-corrected chi connectivity index (χ0v) is 17.0. The Morgan fingerprint density at radius 2 is 2.10 bits per heavy atom. The number of anilines is 1. The Bertz CT molecular complexity index is 853. The van der Waals surface area contributed by atoms with Crippen molar-refractivity contribution in [3.05, 3.63) is 47.9 Å². The van der Waals surface area contributed by atoms with Crippen LogP contribution in [0.25, 0.3) is 0 Å². The summed E-state index contributed by atoms with van der Waals surface area (Å²) in [6.07, 6.45) is 7.57. The van der Waals surface area contributed by atoms with Crippen LogP contribution in [-0.4, -0.2) is 58.0 Å². The Hall–Kier alpha value is -2.67. The van der Waals surface area contributed by atoms with E-state index >= 15 is 0 Å². The number of nitrogen functional groups attached to an aromatic ring is 1. The molecule has 1 aliphatic carbocycles. The van der Waals surface area contributed by atoms with Gasteiger partial charge < -0.3 is 15.4 Å². The molecular weight excluding hydrogens is 366 g/mol. The van der Waals surface area contributed by atoms with Gasteiger partial charge >= 0.3 is 0 Å². The number of carbonyl (C=O) groups excluding carboxylic acids is 1. The highest BCUT2D eigenvalue weighted by atomic mass is 16.5. The number of rotatable bonds is 6. The minimum Gasteiger partial charge on any atom is -0.490 e. The maximum atomic E-state index is 13.0. The quantitative estimate of drug-likeness (QED) is 0.810. The third-order valence-corrected chi connectivity index (χ3v) is 5.88. The van der Waals surface area contributed by atoms with E-state index < -0.39 is 0 Å². The molecule has 1 saturated heterocycles. The maximum absolute atomic E-state index is 13.0. The number of ether oxygens (including phenoxy) is 1. The van der Waals surface area contributed by atoms with E-state index in [4.69, 9.17) is 10.5 Å². The lowest BCUT2D eigenvalue weighted by molar-refractivity contribution is 0.0778. The van der Waals surface area contributed by atoms with Crippen molar-refractivity contribution in [2.24, 2.45) is 0 Å². The number of carbonyl (C=O) groups is 1. The van der Waals surface area contributed by atoms with Gasteiger partial charge in [-0.3, -0.25) is 9.69 Å². The normalized spacial score (nSPS) is 19.8. The van der Waals surface area contributed by atoms with Crippen molar-refractivity contribution in [3.8, 4) is 5.75 Å². The average molecular weight is 396 g/mol. The van der Waals surface area contributed by atoms with Crippen LogP contribution in [0, 0.1) is 0 Å². The minimum absolute atomic E-state index is 0.0676. The second-order valence-electron chi connectivity index (χ2n) is 8.06. The molecular formula is C22H29N5O2. The molecule has 0 unspecified atom stereocenters. The standard InChI is InChI=1S/C22H29N5O2/c1-26(15-21-24-11-9-20(23)25-21)17-10-12-27(14-17)22(28)16-5-4-8-19(13-16)29-18-6-2-3-7-18/h4-5,8-9,11,13,17-18H,2-3,6-7,10,12,14-15H2,1H3,(H2,23,24,25)/t17-/m0/s1. The van der Waals surface area contributed by atoms with Gasteiger partial charge in [-0.15, -0.1) is 0 Å². The highest BCUT2D eigenvalue weighted by Gasteiger charge is 2.30. The molecule has 1 saturated carbocycles. The van der Waals surface area contributed by atoms with E-state index in [-0.39, 0.29) is 11.9 Å². The summed E-state index contributed by atoms with van der Waals surface area (Å²) in [5, 5.41) is 0. The summed E-state index contributed by atoms with van der Waals surface area (Å²) in [5.41, 5.74) is 6.44. The van der Waals surface area contributed by atoms with Crippen molar-refractivity contribution >= 4 is 11.7 Å². The number of aromatic nitrogens is 2. The monoisotopic (exact) mass is 395 g/mol. The van der Waals surface area contributed by atoms with Crippen LogP contribution in [0.1, 0.15) is 48.3 Å². The van der Waals surface area contributed by atoms with Crippen molar-refractivity contribution in [2.75, 3.05) is 25.9 Å². The second-order valence-corrected chi connectivity index (χ2v) is 8.06. The second kappa shape index (κ2) is 8.78. The smallest absolute Gasteiger partial charge is 0.254 e. The number of hydrogen-bond acceptors (Lipinski definition) is 6. The van der Waals surface area contributed by atoms with Crippen molar-refractivity contribution in [1.29, 1.82) is 0 Å². The Morgan fingerprint density at radius 3 is 2.90 bits per heavy atom.